The molecule has 0 spiro atoms. The fourth-order valence-electron chi connectivity index (χ4n) is 2.75. The van der Waals surface area contributed by atoms with Gasteiger partial charge in [-0.1, -0.05) is 23.8 Å². The number of aryl methyl sites for hydroxylation is 1. The van der Waals surface area contributed by atoms with Crippen LogP contribution in [0.2, 0.25) is 0 Å². The van der Waals surface area contributed by atoms with Crippen molar-refractivity contribution in [2.75, 3.05) is 31.1 Å². The molecule has 0 radical (unpaired) electrons. The first-order valence-electron chi connectivity index (χ1n) is 8.57. The van der Waals surface area contributed by atoms with Crippen LogP contribution in [0.1, 0.15) is 26.3 Å². The maximum absolute atomic E-state index is 12.2. The van der Waals surface area contributed by atoms with Crippen LogP contribution in [0, 0.1) is 6.92 Å². The number of ether oxygens (including phenoxy) is 1. The number of amides is 1. The van der Waals surface area contributed by atoms with Gasteiger partial charge in [0.25, 0.3) is 0 Å². The quantitative estimate of drug-likeness (QED) is 0.807. The Hall–Kier alpha value is -2.08. The first kappa shape index (κ1) is 17.7. The number of carbonyl (C=O) groups is 1. The minimum absolute atomic E-state index is 0.230. The minimum Gasteiger partial charge on any atom is -0.444 e. The molecule has 2 aromatic rings. The van der Waals surface area contributed by atoms with Gasteiger partial charge in [-0.05, 0) is 33.8 Å². The first-order valence-corrected chi connectivity index (χ1v) is 9.45. The number of anilines is 1. The van der Waals surface area contributed by atoms with Crippen LogP contribution in [-0.4, -0.2) is 47.8 Å². The average molecular weight is 359 g/mol. The molecule has 0 saturated carbocycles. The molecular formula is C19H25N3O2S. The lowest BCUT2D eigenvalue weighted by atomic mass is 10.1. The molecule has 1 saturated heterocycles. The molecule has 6 heteroatoms. The fourth-order valence-corrected chi connectivity index (χ4v) is 3.64. The van der Waals surface area contributed by atoms with Gasteiger partial charge in [0.1, 0.15) is 5.60 Å². The molecule has 0 bridgehead atoms. The molecule has 25 heavy (non-hydrogen) atoms. The third-order valence-corrected chi connectivity index (χ3v) is 4.91. The second-order valence-electron chi connectivity index (χ2n) is 7.34. The van der Waals surface area contributed by atoms with Crippen LogP contribution in [0.15, 0.2) is 29.6 Å². The number of hydrogen-bond acceptors (Lipinski definition) is 5. The van der Waals surface area contributed by atoms with E-state index in [0.29, 0.717) is 13.1 Å². The Labute approximate surface area is 153 Å². The van der Waals surface area contributed by atoms with Crippen LogP contribution in [-0.2, 0) is 4.74 Å². The first-order chi connectivity index (χ1) is 11.8. The molecule has 3 rings (SSSR count). The predicted molar refractivity (Wildman–Crippen MR) is 102 cm³/mol. The number of carbonyl (C=O) groups excluding carboxylic acids is 1. The lowest BCUT2D eigenvalue weighted by molar-refractivity contribution is 0.0240. The summed E-state index contributed by atoms with van der Waals surface area (Å²) in [6.07, 6.45) is -0.230. The topological polar surface area (TPSA) is 45.7 Å². The second kappa shape index (κ2) is 7.04. The number of hydrogen-bond donors (Lipinski definition) is 0. The molecule has 0 aliphatic carbocycles. The summed E-state index contributed by atoms with van der Waals surface area (Å²) in [6, 6.07) is 8.39. The van der Waals surface area contributed by atoms with Gasteiger partial charge in [-0.2, -0.15) is 0 Å². The van der Waals surface area contributed by atoms with Gasteiger partial charge in [0.05, 0.1) is 5.69 Å². The van der Waals surface area contributed by atoms with Crippen molar-refractivity contribution in [1.29, 1.82) is 0 Å². The summed E-state index contributed by atoms with van der Waals surface area (Å²) < 4.78 is 5.45. The Balaban J connectivity index is 1.61. The maximum Gasteiger partial charge on any atom is 0.410 e. The van der Waals surface area contributed by atoms with Crippen LogP contribution >= 0.6 is 11.3 Å². The highest BCUT2D eigenvalue weighted by Crippen LogP contribution is 2.28. The van der Waals surface area contributed by atoms with E-state index in [4.69, 9.17) is 9.72 Å². The summed E-state index contributed by atoms with van der Waals surface area (Å²) in [4.78, 5) is 20.9. The van der Waals surface area contributed by atoms with Crippen LogP contribution in [0.4, 0.5) is 9.93 Å². The van der Waals surface area contributed by atoms with E-state index in [1.807, 2.05) is 20.8 Å². The van der Waals surface area contributed by atoms with Gasteiger partial charge in [0, 0.05) is 37.1 Å². The van der Waals surface area contributed by atoms with Crippen molar-refractivity contribution in [2.45, 2.75) is 33.3 Å². The van der Waals surface area contributed by atoms with Crippen molar-refractivity contribution in [2.24, 2.45) is 0 Å². The second-order valence-corrected chi connectivity index (χ2v) is 8.18. The molecule has 1 aliphatic heterocycles. The van der Waals surface area contributed by atoms with Crippen molar-refractivity contribution in [3.63, 3.8) is 0 Å². The molecule has 2 heterocycles. The number of rotatable bonds is 2. The molecule has 0 unspecified atom stereocenters. The molecule has 5 nitrogen and oxygen atoms in total. The summed E-state index contributed by atoms with van der Waals surface area (Å²) in [5, 5.41) is 3.12. The Morgan fingerprint density at radius 1 is 1.20 bits per heavy atom. The molecule has 0 atom stereocenters. The van der Waals surface area contributed by atoms with E-state index in [9.17, 15) is 4.79 Å². The summed E-state index contributed by atoms with van der Waals surface area (Å²) in [7, 11) is 0. The molecule has 1 aromatic carbocycles. The van der Waals surface area contributed by atoms with Gasteiger partial charge in [-0.15, -0.1) is 11.3 Å². The number of aromatic nitrogens is 1. The van der Waals surface area contributed by atoms with E-state index in [1.165, 1.54) is 5.56 Å². The van der Waals surface area contributed by atoms with Crippen LogP contribution < -0.4 is 4.90 Å². The number of benzene rings is 1. The van der Waals surface area contributed by atoms with Crippen molar-refractivity contribution in [1.82, 2.24) is 9.88 Å². The zero-order valence-corrected chi connectivity index (χ0v) is 16.1. The molecule has 1 aromatic heterocycles. The highest BCUT2D eigenvalue weighted by molar-refractivity contribution is 7.14. The molecular weight excluding hydrogens is 334 g/mol. The molecule has 134 valence electrons. The minimum atomic E-state index is -0.452. The van der Waals surface area contributed by atoms with Crippen molar-refractivity contribution in [3.05, 3.63) is 35.2 Å². The van der Waals surface area contributed by atoms with E-state index in [1.54, 1.807) is 16.2 Å². The molecule has 0 N–H and O–H groups in total. The molecule has 1 amide bonds. The third kappa shape index (κ3) is 4.51. The average Bonchev–Trinajstić information content (AvgIpc) is 3.03. The van der Waals surface area contributed by atoms with Crippen molar-refractivity contribution >= 4 is 22.6 Å². The largest absolute Gasteiger partial charge is 0.444 e. The fraction of sp³-hybridized carbons (Fsp3) is 0.474. The lowest BCUT2D eigenvalue weighted by Crippen LogP contribution is -2.50. The standard InChI is InChI=1S/C19H25N3O2S/c1-14-6-5-7-15(12-14)16-13-25-17(20-16)21-8-10-22(11-9-21)18(23)24-19(2,3)4/h5-7,12-13H,8-11H2,1-4H3. The Morgan fingerprint density at radius 2 is 1.92 bits per heavy atom. The normalized spacial score (nSPS) is 15.4. The number of piperazine rings is 1. The van der Waals surface area contributed by atoms with Crippen LogP contribution in [0.5, 0.6) is 0 Å². The molecule has 1 fully saturated rings. The number of nitrogens with zero attached hydrogens (tertiary/aromatic N) is 3. The molecule has 1 aliphatic rings. The summed E-state index contributed by atoms with van der Waals surface area (Å²) >= 11 is 1.66. The van der Waals surface area contributed by atoms with E-state index in [2.05, 4.69) is 41.5 Å². The van der Waals surface area contributed by atoms with Crippen LogP contribution in [0.25, 0.3) is 11.3 Å². The Morgan fingerprint density at radius 3 is 2.56 bits per heavy atom. The highest BCUT2D eigenvalue weighted by Gasteiger charge is 2.26. The van der Waals surface area contributed by atoms with Crippen molar-refractivity contribution < 1.29 is 9.53 Å². The highest BCUT2D eigenvalue weighted by atomic mass is 32.1. The van der Waals surface area contributed by atoms with E-state index >= 15 is 0 Å². The van der Waals surface area contributed by atoms with Crippen molar-refractivity contribution in [3.8, 4) is 11.3 Å². The number of thiazole rings is 1. The smallest absolute Gasteiger partial charge is 0.410 e. The van der Waals surface area contributed by atoms with Gasteiger partial charge in [0.2, 0.25) is 0 Å². The Kier molecular flexibility index (Phi) is 4.99. The van der Waals surface area contributed by atoms with E-state index < -0.39 is 5.60 Å². The zero-order chi connectivity index (χ0) is 18.0. The van der Waals surface area contributed by atoms with Gasteiger partial charge in [-0.25, -0.2) is 9.78 Å². The van der Waals surface area contributed by atoms with E-state index in [0.717, 1.165) is 29.5 Å². The SMILES string of the molecule is Cc1cccc(-c2csc(N3CCN(C(=O)OC(C)(C)C)CC3)n2)c1. The summed E-state index contributed by atoms with van der Waals surface area (Å²) in [5.74, 6) is 0. The van der Waals surface area contributed by atoms with Gasteiger partial charge < -0.3 is 14.5 Å². The summed E-state index contributed by atoms with van der Waals surface area (Å²) in [6.45, 7) is 10.6. The monoisotopic (exact) mass is 359 g/mol. The third-order valence-electron chi connectivity index (χ3n) is 4.01. The van der Waals surface area contributed by atoms with Gasteiger partial charge in [-0.3, -0.25) is 0 Å². The van der Waals surface area contributed by atoms with E-state index in [-0.39, 0.29) is 6.09 Å². The summed E-state index contributed by atoms with van der Waals surface area (Å²) in [5.41, 5.74) is 2.94. The van der Waals surface area contributed by atoms with Gasteiger partial charge in [0.15, 0.2) is 5.13 Å². The lowest BCUT2D eigenvalue weighted by Gasteiger charge is -2.35. The van der Waals surface area contributed by atoms with Crippen LogP contribution in [0.3, 0.4) is 0 Å². The maximum atomic E-state index is 12.2. The predicted octanol–water partition coefficient (Wildman–Crippen LogP) is 4.18. The Bertz CT molecular complexity index is 743. The van der Waals surface area contributed by atoms with Gasteiger partial charge >= 0.3 is 6.09 Å². The zero-order valence-electron chi connectivity index (χ0n) is 15.3.